The second kappa shape index (κ2) is 10.3. The average molecular weight is 534 g/mol. The molecule has 3 aromatic rings. The smallest absolute Gasteiger partial charge is 0.341 e. The Morgan fingerprint density at radius 1 is 1.11 bits per heavy atom. The molecule has 0 spiro atoms. The lowest BCUT2D eigenvalue weighted by Crippen LogP contribution is -2.19. The monoisotopic (exact) mass is 533 g/mol. The lowest BCUT2D eigenvalue weighted by molar-refractivity contribution is -0.115. The number of esters is 1. The van der Waals surface area contributed by atoms with Gasteiger partial charge in [0, 0.05) is 16.3 Å². The third-order valence-electron chi connectivity index (χ3n) is 6.68. The Labute approximate surface area is 225 Å². The number of thioether (sulfide) groups is 1. The molecule has 1 fully saturated rings. The first kappa shape index (κ1) is 25.5. The van der Waals surface area contributed by atoms with Crippen molar-refractivity contribution < 1.29 is 14.3 Å². The number of nitrogens with zero attached hydrogens (tertiary/aromatic N) is 2. The van der Waals surface area contributed by atoms with Gasteiger partial charge in [-0.25, -0.2) is 9.79 Å². The van der Waals surface area contributed by atoms with E-state index in [2.05, 4.69) is 27.0 Å². The van der Waals surface area contributed by atoms with Crippen LogP contribution in [-0.2, 0) is 22.4 Å². The van der Waals surface area contributed by atoms with Crippen LogP contribution < -0.4 is 5.32 Å². The van der Waals surface area contributed by atoms with Gasteiger partial charge in [-0.2, -0.15) is 0 Å². The highest BCUT2D eigenvalue weighted by Gasteiger charge is 2.29. The number of aliphatic imine (C=N–C) groups is 1. The molecular weight excluding hydrogens is 502 g/mol. The van der Waals surface area contributed by atoms with Crippen molar-refractivity contribution in [1.29, 1.82) is 0 Å². The number of hydrogen-bond donors (Lipinski definition) is 1. The number of carbonyl (C=O) groups excluding carboxylic acids is 2. The number of rotatable bonds is 5. The third-order valence-corrected chi connectivity index (χ3v) is 8.87. The lowest BCUT2D eigenvalue weighted by Gasteiger charge is -2.13. The Kier molecular flexibility index (Phi) is 7.14. The van der Waals surface area contributed by atoms with Crippen LogP contribution in [0.5, 0.6) is 0 Å². The normalized spacial score (nSPS) is 17.4. The minimum absolute atomic E-state index is 0.156. The number of nitrogens with one attached hydrogen (secondary N) is 1. The summed E-state index contributed by atoms with van der Waals surface area (Å²) in [5, 5.41) is 4.39. The first-order valence-electron chi connectivity index (χ1n) is 12.6. The van der Waals surface area contributed by atoms with E-state index in [0.717, 1.165) is 70.0 Å². The standard InChI is InChI=1S/C29H31N3O3S2/c1-6-35-28(34)25-22-9-7-8-10-23(22)36-27(25)32-18(4)14-20(19(32)5)15-24-26(33)31-29(37-24)30-21-12-16(2)11-17(3)13-21/h11-15H,6-10H2,1-5H3,(H,30,31,33)/b24-15+. The van der Waals surface area contributed by atoms with Gasteiger partial charge in [0.1, 0.15) is 5.00 Å². The van der Waals surface area contributed by atoms with Gasteiger partial charge in [-0.1, -0.05) is 6.07 Å². The summed E-state index contributed by atoms with van der Waals surface area (Å²) >= 11 is 3.04. The molecular formula is C29H31N3O3S2. The van der Waals surface area contributed by atoms with Crippen molar-refractivity contribution in [2.75, 3.05) is 6.61 Å². The lowest BCUT2D eigenvalue weighted by atomic mass is 9.95. The molecule has 192 valence electrons. The Bertz CT molecular complexity index is 1460. The fourth-order valence-corrected chi connectivity index (χ4v) is 7.44. The molecule has 8 heteroatoms. The second-order valence-electron chi connectivity index (χ2n) is 9.60. The fourth-order valence-electron chi connectivity index (χ4n) is 5.12. The zero-order chi connectivity index (χ0) is 26.3. The SMILES string of the molecule is CCOC(=O)c1c(-n2c(C)cc(/C=C3/SC(=Nc4cc(C)cc(C)c4)NC3=O)c2C)sc2c1CCCC2. The predicted molar refractivity (Wildman–Crippen MR) is 152 cm³/mol. The molecule has 2 aromatic heterocycles. The van der Waals surface area contributed by atoms with Gasteiger partial charge in [0.25, 0.3) is 5.91 Å². The quantitative estimate of drug-likeness (QED) is 0.292. The molecule has 0 bridgehead atoms. The van der Waals surface area contributed by atoms with E-state index >= 15 is 0 Å². The van der Waals surface area contributed by atoms with Crippen LogP contribution in [0, 0.1) is 27.7 Å². The van der Waals surface area contributed by atoms with Crippen molar-refractivity contribution in [3.8, 4) is 5.00 Å². The molecule has 1 aromatic carbocycles. The maximum absolute atomic E-state index is 13.0. The van der Waals surface area contributed by atoms with E-state index in [4.69, 9.17) is 4.74 Å². The molecule has 0 atom stereocenters. The van der Waals surface area contributed by atoms with E-state index in [1.807, 2.05) is 52.8 Å². The summed E-state index contributed by atoms with van der Waals surface area (Å²) in [6, 6.07) is 8.18. The van der Waals surface area contributed by atoms with Crippen LogP contribution in [0.2, 0.25) is 0 Å². The van der Waals surface area contributed by atoms with Crippen LogP contribution in [0.3, 0.4) is 0 Å². The summed E-state index contributed by atoms with van der Waals surface area (Å²) in [6.07, 6.45) is 6.07. The first-order chi connectivity index (χ1) is 17.7. The number of aryl methyl sites for hydroxylation is 4. The van der Waals surface area contributed by atoms with Crippen LogP contribution in [0.4, 0.5) is 5.69 Å². The Hall–Kier alpha value is -3.10. The van der Waals surface area contributed by atoms with Gasteiger partial charge in [0.05, 0.1) is 22.8 Å². The average Bonchev–Trinajstić information content (AvgIpc) is 3.46. The van der Waals surface area contributed by atoms with Crippen molar-refractivity contribution in [3.63, 3.8) is 0 Å². The summed E-state index contributed by atoms with van der Waals surface area (Å²) in [7, 11) is 0. The van der Waals surface area contributed by atoms with Crippen LogP contribution in [0.25, 0.3) is 11.1 Å². The molecule has 2 aliphatic rings. The predicted octanol–water partition coefficient (Wildman–Crippen LogP) is 6.72. The fraction of sp³-hybridized carbons (Fsp3) is 0.345. The van der Waals surface area contributed by atoms with Gasteiger partial charge in [0.2, 0.25) is 0 Å². The van der Waals surface area contributed by atoms with E-state index < -0.39 is 0 Å². The van der Waals surface area contributed by atoms with E-state index in [9.17, 15) is 9.59 Å². The molecule has 1 amide bonds. The minimum atomic E-state index is -0.248. The topological polar surface area (TPSA) is 72.7 Å². The zero-order valence-electron chi connectivity index (χ0n) is 21.9. The molecule has 1 aliphatic carbocycles. The number of carbonyl (C=O) groups is 2. The maximum Gasteiger partial charge on any atom is 0.341 e. The number of hydrogen-bond acceptors (Lipinski definition) is 6. The molecule has 5 rings (SSSR count). The Morgan fingerprint density at radius 2 is 1.84 bits per heavy atom. The zero-order valence-corrected chi connectivity index (χ0v) is 23.5. The molecule has 0 unspecified atom stereocenters. The van der Waals surface area contributed by atoms with Crippen molar-refractivity contribution in [2.45, 2.75) is 60.3 Å². The van der Waals surface area contributed by atoms with Gasteiger partial charge in [-0.05, 0) is 119 Å². The Morgan fingerprint density at radius 3 is 2.57 bits per heavy atom. The molecule has 1 aliphatic heterocycles. The van der Waals surface area contributed by atoms with Crippen molar-refractivity contribution in [1.82, 2.24) is 9.88 Å². The van der Waals surface area contributed by atoms with Crippen LogP contribution in [0.15, 0.2) is 34.2 Å². The minimum Gasteiger partial charge on any atom is -0.462 e. The van der Waals surface area contributed by atoms with E-state index in [1.54, 1.807) is 11.3 Å². The van der Waals surface area contributed by atoms with Crippen LogP contribution >= 0.6 is 23.1 Å². The number of amides is 1. The number of ether oxygens (including phenoxy) is 1. The molecule has 6 nitrogen and oxygen atoms in total. The van der Waals surface area contributed by atoms with Crippen LogP contribution in [-0.4, -0.2) is 28.2 Å². The Balaban J connectivity index is 1.50. The van der Waals surface area contributed by atoms with Crippen LogP contribution in [0.1, 0.15) is 68.6 Å². The van der Waals surface area contributed by atoms with Gasteiger partial charge in [0.15, 0.2) is 5.17 Å². The summed E-state index contributed by atoms with van der Waals surface area (Å²) in [5.74, 6) is -0.404. The van der Waals surface area contributed by atoms with Gasteiger partial charge in [-0.3, -0.25) is 4.79 Å². The van der Waals surface area contributed by atoms with Crippen molar-refractivity contribution >= 4 is 51.9 Å². The van der Waals surface area contributed by atoms with Gasteiger partial charge in [-0.15, -0.1) is 11.3 Å². The highest BCUT2D eigenvalue weighted by molar-refractivity contribution is 8.18. The molecule has 1 N–H and O–H groups in total. The number of fused-ring (bicyclic) bond motifs is 1. The van der Waals surface area contributed by atoms with Gasteiger partial charge >= 0.3 is 5.97 Å². The highest BCUT2D eigenvalue weighted by Crippen LogP contribution is 2.40. The summed E-state index contributed by atoms with van der Waals surface area (Å²) in [5.41, 5.74) is 7.90. The number of amidine groups is 1. The second-order valence-corrected chi connectivity index (χ2v) is 11.7. The summed E-state index contributed by atoms with van der Waals surface area (Å²) in [6.45, 7) is 10.3. The largest absolute Gasteiger partial charge is 0.462 e. The summed E-state index contributed by atoms with van der Waals surface area (Å²) < 4.78 is 7.61. The van der Waals surface area contributed by atoms with E-state index in [0.29, 0.717) is 22.2 Å². The summed E-state index contributed by atoms with van der Waals surface area (Å²) in [4.78, 5) is 32.4. The third kappa shape index (κ3) is 5.05. The molecule has 0 radical (unpaired) electrons. The highest BCUT2D eigenvalue weighted by atomic mass is 32.2. The molecule has 1 saturated heterocycles. The first-order valence-corrected chi connectivity index (χ1v) is 14.3. The molecule has 0 saturated carbocycles. The van der Waals surface area contributed by atoms with Gasteiger partial charge < -0.3 is 14.6 Å². The number of benzene rings is 1. The molecule has 37 heavy (non-hydrogen) atoms. The maximum atomic E-state index is 13.0. The van der Waals surface area contributed by atoms with Crippen molar-refractivity contribution in [3.05, 3.63) is 73.3 Å². The van der Waals surface area contributed by atoms with E-state index in [-0.39, 0.29) is 11.9 Å². The van der Waals surface area contributed by atoms with E-state index in [1.165, 1.54) is 16.6 Å². The number of aromatic nitrogens is 1. The van der Waals surface area contributed by atoms with Crippen molar-refractivity contribution in [2.24, 2.45) is 4.99 Å². The molecule has 3 heterocycles. The number of thiophene rings is 1.